The Morgan fingerprint density at radius 3 is 2.72 bits per heavy atom. The zero-order valence-corrected chi connectivity index (χ0v) is 10.4. The number of nitrogens with zero attached hydrogens (tertiary/aromatic N) is 1. The Labute approximate surface area is 105 Å². The fraction of sp³-hybridized carbons (Fsp3) is 0.417. The SMILES string of the molecule is CCC(C)(CNc1ncccc1C(N)=O)C(=O)O. The van der Waals surface area contributed by atoms with Crippen LogP contribution in [0.1, 0.15) is 30.6 Å². The van der Waals surface area contributed by atoms with Crippen LogP contribution in [0.25, 0.3) is 0 Å². The number of hydrogen-bond donors (Lipinski definition) is 3. The number of carbonyl (C=O) groups excluding carboxylic acids is 1. The highest BCUT2D eigenvalue weighted by molar-refractivity contribution is 5.97. The molecule has 0 aliphatic rings. The molecule has 0 spiro atoms. The number of hydrogen-bond acceptors (Lipinski definition) is 4. The number of carbonyl (C=O) groups is 2. The Kier molecular flexibility index (Phi) is 4.25. The molecule has 1 aromatic heterocycles. The van der Waals surface area contributed by atoms with Crippen molar-refractivity contribution in [3.05, 3.63) is 23.9 Å². The Balaban J connectivity index is 2.86. The lowest BCUT2D eigenvalue weighted by Crippen LogP contribution is -2.35. The molecule has 0 radical (unpaired) electrons. The monoisotopic (exact) mass is 251 g/mol. The van der Waals surface area contributed by atoms with Gasteiger partial charge in [0.15, 0.2) is 0 Å². The maximum Gasteiger partial charge on any atom is 0.311 e. The van der Waals surface area contributed by atoms with E-state index in [0.717, 1.165) is 0 Å². The third kappa shape index (κ3) is 2.97. The van der Waals surface area contributed by atoms with E-state index < -0.39 is 17.3 Å². The van der Waals surface area contributed by atoms with Gasteiger partial charge in [0.1, 0.15) is 5.82 Å². The average Bonchev–Trinajstić information content (AvgIpc) is 2.35. The second-order valence-electron chi connectivity index (χ2n) is 4.34. The van der Waals surface area contributed by atoms with Crippen molar-refractivity contribution in [2.24, 2.45) is 11.1 Å². The van der Waals surface area contributed by atoms with Crippen LogP contribution in [0.15, 0.2) is 18.3 Å². The quantitative estimate of drug-likeness (QED) is 0.702. The van der Waals surface area contributed by atoms with Crippen molar-refractivity contribution in [2.75, 3.05) is 11.9 Å². The first kappa shape index (κ1) is 14.0. The summed E-state index contributed by atoms with van der Waals surface area (Å²) < 4.78 is 0. The zero-order chi connectivity index (χ0) is 13.8. The topological polar surface area (TPSA) is 105 Å². The summed E-state index contributed by atoms with van der Waals surface area (Å²) in [5.41, 5.74) is 4.55. The van der Waals surface area contributed by atoms with E-state index >= 15 is 0 Å². The number of carboxylic acids is 1. The predicted molar refractivity (Wildman–Crippen MR) is 67.3 cm³/mol. The number of aromatic nitrogens is 1. The first-order chi connectivity index (χ1) is 8.40. The van der Waals surface area contributed by atoms with E-state index in [1.807, 2.05) is 0 Å². The van der Waals surface area contributed by atoms with Crippen molar-refractivity contribution in [1.82, 2.24) is 4.98 Å². The van der Waals surface area contributed by atoms with E-state index in [4.69, 9.17) is 10.8 Å². The standard InChI is InChI=1S/C12H17N3O3/c1-3-12(2,11(17)18)7-15-10-8(9(13)16)5-4-6-14-10/h4-6H,3,7H2,1-2H3,(H2,13,16)(H,14,15)(H,17,18). The summed E-state index contributed by atoms with van der Waals surface area (Å²) >= 11 is 0. The smallest absolute Gasteiger partial charge is 0.311 e. The maximum absolute atomic E-state index is 11.2. The Bertz CT molecular complexity index is 462. The van der Waals surface area contributed by atoms with Crippen molar-refractivity contribution < 1.29 is 14.7 Å². The van der Waals surface area contributed by atoms with Crippen molar-refractivity contribution in [2.45, 2.75) is 20.3 Å². The molecule has 0 fully saturated rings. The van der Waals surface area contributed by atoms with Crippen LogP contribution in [-0.2, 0) is 4.79 Å². The third-order valence-electron chi connectivity index (χ3n) is 3.02. The summed E-state index contributed by atoms with van der Waals surface area (Å²) in [4.78, 5) is 26.3. The highest BCUT2D eigenvalue weighted by Gasteiger charge is 2.31. The van der Waals surface area contributed by atoms with E-state index in [2.05, 4.69) is 10.3 Å². The fourth-order valence-electron chi connectivity index (χ4n) is 1.38. The minimum Gasteiger partial charge on any atom is -0.481 e. The number of nitrogens with one attached hydrogen (secondary N) is 1. The summed E-state index contributed by atoms with van der Waals surface area (Å²) in [6, 6.07) is 3.14. The number of primary amides is 1. The van der Waals surface area contributed by atoms with Crippen LogP contribution in [-0.4, -0.2) is 28.5 Å². The molecular formula is C12H17N3O3. The number of carboxylic acid groups (broad SMARTS) is 1. The molecule has 1 heterocycles. The Morgan fingerprint density at radius 2 is 2.22 bits per heavy atom. The first-order valence-electron chi connectivity index (χ1n) is 5.63. The molecule has 1 amide bonds. The molecule has 1 rings (SSSR count). The van der Waals surface area contributed by atoms with Gasteiger partial charge in [0.05, 0.1) is 11.0 Å². The van der Waals surface area contributed by atoms with E-state index in [1.165, 1.54) is 6.20 Å². The molecule has 0 bridgehead atoms. The molecule has 1 atom stereocenters. The number of rotatable bonds is 6. The zero-order valence-electron chi connectivity index (χ0n) is 10.4. The van der Waals surface area contributed by atoms with Crippen LogP contribution in [0, 0.1) is 5.41 Å². The number of amides is 1. The van der Waals surface area contributed by atoms with Gasteiger partial charge in [-0.05, 0) is 25.5 Å². The molecule has 6 heteroatoms. The van der Waals surface area contributed by atoms with Gasteiger partial charge in [-0.3, -0.25) is 9.59 Å². The molecule has 98 valence electrons. The fourth-order valence-corrected chi connectivity index (χ4v) is 1.38. The lowest BCUT2D eigenvalue weighted by atomic mass is 9.87. The van der Waals surface area contributed by atoms with Gasteiger partial charge in [-0.1, -0.05) is 6.92 Å². The molecule has 0 aliphatic heterocycles. The second kappa shape index (κ2) is 5.48. The number of pyridine rings is 1. The van der Waals surface area contributed by atoms with Crippen molar-refractivity contribution in [3.8, 4) is 0 Å². The molecule has 6 nitrogen and oxygen atoms in total. The van der Waals surface area contributed by atoms with Gasteiger partial charge in [-0.25, -0.2) is 4.98 Å². The van der Waals surface area contributed by atoms with Crippen LogP contribution in [0.2, 0.25) is 0 Å². The summed E-state index contributed by atoms with van der Waals surface area (Å²) in [5, 5.41) is 12.0. The molecule has 0 saturated carbocycles. The Hall–Kier alpha value is -2.11. The molecule has 0 aliphatic carbocycles. The van der Waals surface area contributed by atoms with Crippen molar-refractivity contribution >= 4 is 17.7 Å². The van der Waals surface area contributed by atoms with E-state index in [-0.39, 0.29) is 12.1 Å². The molecule has 1 unspecified atom stereocenters. The van der Waals surface area contributed by atoms with Gasteiger partial charge in [-0.2, -0.15) is 0 Å². The molecule has 0 aromatic carbocycles. The molecule has 4 N–H and O–H groups in total. The largest absolute Gasteiger partial charge is 0.481 e. The van der Waals surface area contributed by atoms with Crippen LogP contribution >= 0.6 is 0 Å². The lowest BCUT2D eigenvalue weighted by molar-refractivity contribution is -0.147. The van der Waals surface area contributed by atoms with Crippen LogP contribution in [0.5, 0.6) is 0 Å². The first-order valence-corrected chi connectivity index (χ1v) is 5.63. The summed E-state index contributed by atoms with van der Waals surface area (Å²) in [6.45, 7) is 3.61. The molecule has 18 heavy (non-hydrogen) atoms. The van der Waals surface area contributed by atoms with E-state index in [1.54, 1.807) is 26.0 Å². The Morgan fingerprint density at radius 1 is 1.56 bits per heavy atom. The third-order valence-corrected chi connectivity index (χ3v) is 3.02. The van der Waals surface area contributed by atoms with Gasteiger partial charge in [0, 0.05) is 12.7 Å². The average molecular weight is 251 g/mol. The molecule has 1 aromatic rings. The highest BCUT2D eigenvalue weighted by atomic mass is 16.4. The predicted octanol–water partition coefficient (Wildman–Crippen LogP) is 1.09. The van der Waals surface area contributed by atoms with Crippen LogP contribution < -0.4 is 11.1 Å². The number of nitrogens with two attached hydrogens (primary N) is 1. The number of aliphatic carboxylic acids is 1. The van der Waals surface area contributed by atoms with Gasteiger partial charge >= 0.3 is 5.97 Å². The minimum atomic E-state index is -0.910. The normalized spacial score (nSPS) is 13.7. The van der Waals surface area contributed by atoms with Gasteiger partial charge in [0.25, 0.3) is 5.91 Å². The van der Waals surface area contributed by atoms with Gasteiger partial charge in [0.2, 0.25) is 0 Å². The maximum atomic E-state index is 11.2. The van der Waals surface area contributed by atoms with Crippen LogP contribution in [0.4, 0.5) is 5.82 Å². The number of anilines is 1. The molecular weight excluding hydrogens is 234 g/mol. The summed E-state index contributed by atoms with van der Waals surface area (Å²) in [6.07, 6.45) is 1.98. The lowest BCUT2D eigenvalue weighted by Gasteiger charge is -2.23. The second-order valence-corrected chi connectivity index (χ2v) is 4.34. The van der Waals surface area contributed by atoms with Gasteiger partial charge < -0.3 is 16.2 Å². The van der Waals surface area contributed by atoms with Crippen molar-refractivity contribution in [3.63, 3.8) is 0 Å². The highest BCUT2D eigenvalue weighted by Crippen LogP contribution is 2.22. The van der Waals surface area contributed by atoms with E-state index in [0.29, 0.717) is 12.2 Å². The summed E-state index contributed by atoms with van der Waals surface area (Å²) in [5.74, 6) is -1.18. The summed E-state index contributed by atoms with van der Waals surface area (Å²) in [7, 11) is 0. The minimum absolute atomic E-state index is 0.177. The van der Waals surface area contributed by atoms with Crippen LogP contribution in [0.3, 0.4) is 0 Å². The molecule has 0 saturated heterocycles. The van der Waals surface area contributed by atoms with Gasteiger partial charge in [-0.15, -0.1) is 0 Å². The van der Waals surface area contributed by atoms with E-state index in [9.17, 15) is 9.59 Å². The van der Waals surface area contributed by atoms with Crippen molar-refractivity contribution in [1.29, 1.82) is 0 Å².